The Labute approximate surface area is 55.2 Å². The van der Waals surface area contributed by atoms with E-state index in [1.165, 1.54) is 6.92 Å². The highest BCUT2D eigenvalue weighted by Gasteiger charge is 2.03. The van der Waals surface area contributed by atoms with Crippen molar-refractivity contribution in [1.29, 1.82) is 0 Å². The Morgan fingerprint density at radius 1 is 1.44 bits per heavy atom. The lowest BCUT2D eigenvalue weighted by atomic mass is 10.4. The van der Waals surface area contributed by atoms with E-state index in [0.29, 0.717) is 0 Å². The smallest absolute Gasteiger partial charge is 0.287 e. The monoisotopic (exact) mass is 130 g/mol. The molecule has 3 heteroatoms. The van der Waals surface area contributed by atoms with Crippen LogP contribution in [0.15, 0.2) is 0 Å². The van der Waals surface area contributed by atoms with Crippen LogP contribution in [0.5, 0.6) is 0 Å². The van der Waals surface area contributed by atoms with Gasteiger partial charge in [-0.3, -0.25) is 4.79 Å². The molecule has 0 fully saturated rings. The molecule has 0 bridgehead atoms. The van der Waals surface area contributed by atoms with E-state index in [1.807, 2.05) is 0 Å². The van der Waals surface area contributed by atoms with Crippen molar-refractivity contribution in [3.8, 4) is 0 Å². The van der Waals surface area contributed by atoms with Gasteiger partial charge in [0.1, 0.15) is 0 Å². The molecule has 0 aliphatic carbocycles. The molecule has 0 aromatic carbocycles. The van der Waals surface area contributed by atoms with Gasteiger partial charge in [-0.05, 0) is 19.9 Å². The number of hydrogen-bond donors (Lipinski definition) is 0. The minimum atomic E-state index is -0.757. The Kier molecular flexibility index (Phi) is 3.24. The van der Waals surface area contributed by atoms with E-state index >= 15 is 0 Å². The summed E-state index contributed by atoms with van der Waals surface area (Å²) in [6.45, 7) is 5.02. The summed E-state index contributed by atoms with van der Waals surface area (Å²) in [6.07, 6.45) is -0.106. The summed E-state index contributed by atoms with van der Waals surface area (Å²) in [5, 5.41) is 0. The predicted octanol–water partition coefficient (Wildman–Crippen LogP) is 1.38. The fourth-order valence-electron chi connectivity index (χ4n) is 0.334. The van der Waals surface area contributed by atoms with Gasteiger partial charge in [0.25, 0.3) is 5.97 Å². The van der Waals surface area contributed by atoms with Crippen molar-refractivity contribution < 1.29 is 9.53 Å². The van der Waals surface area contributed by atoms with Crippen LogP contribution in [0.25, 0.3) is 5.73 Å². The number of hydrogen-bond acceptors (Lipinski definition) is 2. The Bertz CT molecular complexity index is 99.2. The van der Waals surface area contributed by atoms with E-state index in [0.717, 1.165) is 0 Å². The quantitative estimate of drug-likeness (QED) is 0.530. The normalized spacial score (nSPS) is 13.4. The lowest BCUT2D eigenvalue weighted by Gasteiger charge is -2.14. The van der Waals surface area contributed by atoms with Crippen LogP contribution >= 0.6 is 0 Å². The van der Waals surface area contributed by atoms with Gasteiger partial charge in [-0.15, -0.1) is 0 Å². The third-order valence-corrected chi connectivity index (χ3v) is 0.705. The Morgan fingerprint density at radius 3 is 2.00 bits per heavy atom. The first-order chi connectivity index (χ1) is 4.04. The summed E-state index contributed by atoms with van der Waals surface area (Å²) >= 11 is 0. The van der Waals surface area contributed by atoms with Crippen molar-refractivity contribution >= 4 is 5.97 Å². The molecule has 9 heavy (non-hydrogen) atoms. The van der Waals surface area contributed by atoms with E-state index < -0.39 is 12.0 Å². The van der Waals surface area contributed by atoms with Crippen LogP contribution in [0.4, 0.5) is 0 Å². The standard InChI is InChI=1S/C6H12NO2/c1-4(2)9-6(8)5(3)7/h4-5,7H,1-3H3/q-1/t5-/m1/s1. The van der Waals surface area contributed by atoms with Gasteiger partial charge in [-0.1, -0.05) is 6.92 Å². The lowest BCUT2D eigenvalue weighted by Crippen LogP contribution is -2.19. The van der Waals surface area contributed by atoms with Crippen LogP contribution in [0.1, 0.15) is 20.8 Å². The molecule has 1 atom stereocenters. The first-order valence-corrected chi connectivity index (χ1v) is 2.95. The van der Waals surface area contributed by atoms with E-state index in [2.05, 4.69) is 4.74 Å². The second-order valence-electron chi connectivity index (χ2n) is 2.21. The summed E-state index contributed by atoms with van der Waals surface area (Å²) in [5.74, 6) is -0.454. The zero-order chi connectivity index (χ0) is 7.44. The molecule has 0 radical (unpaired) electrons. The van der Waals surface area contributed by atoms with Gasteiger partial charge in [-0.2, -0.15) is 0 Å². The summed E-state index contributed by atoms with van der Waals surface area (Å²) in [6, 6.07) is -0.757. The van der Waals surface area contributed by atoms with Crippen molar-refractivity contribution in [3.05, 3.63) is 5.73 Å². The zero-order valence-electron chi connectivity index (χ0n) is 5.97. The van der Waals surface area contributed by atoms with Crippen molar-refractivity contribution in [2.24, 2.45) is 0 Å². The summed E-state index contributed by atoms with van der Waals surface area (Å²) in [7, 11) is 0. The van der Waals surface area contributed by atoms with Crippen molar-refractivity contribution in [1.82, 2.24) is 0 Å². The third kappa shape index (κ3) is 3.97. The molecule has 0 aliphatic heterocycles. The predicted molar refractivity (Wildman–Crippen MR) is 35.0 cm³/mol. The molecule has 0 saturated heterocycles. The van der Waals surface area contributed by atoms with Gasteiger partial charge in [0.15, 0.2) is 0 Å². The van der Waals surface area contributed by atoms with Gasteiger partial charge < -0.3 is 10.5 Å². The Balaban J connectivity index is 3.51. The molecule has 0 aromatic heterocycles. The molecule has 0 aliphatic rings. The minimum absolute atomic E-state index is 0.106. The lowest BCUT2D eigenvalue weighted by molar-refractivity contribution is -0.147. The number of ether oxygens (including phenoxy) is 1. The highest BCUT2D eigenvalue weighted by atomic mass is 16.5. The van der Waals surface area contributed by atoms with Crippen LogP contribution in [-0.2, 0) is 9.53 Å². The van der Waals surface area contributed by atoms with Crippen LogP contribution < -0.4 is 0 Å². The second-order valence-corrected chi connectivity index (χ2v) is 2.21. The summed E-state index contributed by atoms with van der Waals surface area (Å²) in [4.78, 5) is 10.5. The molecule has 0 spiro atoms. The number of carbonyl (C=O) groups is 1. The molecular formula is C6H12NO2-. The molecular weight excluding hydrogens is 118 g/mol. The number of esters is 1. The number of rotatable bonds is 2. The van der Waals surface area contributed by atoms with Gasteiger partial charge in [0.2, 0.25) is 0 Å². The molecule has 0 aromatic rings. The Morgan fingerprint density at radius 2 is 1.89 bits per heavy atom. The van der Waals surface area contributed by atoms with Crippen molar-refractivity contribution in [2.45, 2.75) is 32.9 Å². The fourth-order valence-corrected chi connectivity index (χ4v) is 0.334. The first-order valence-electron chi connectivity index (χ1n) is 2.95. The number of nitrogens with one attached hydrogen (secondary N) is 1. The van der Waals surface area contributed by atoms with E-state index in [9.17, 15) is 4.79 Å². The van der Waals surface area contributed by atoms with Gasteiger partial charge in [-0.25, -0.2) is 0 Å². The third-order valence-electron chi connectivity index (χ3n) is 0.705. The number of carbonyl (C=O) groups excluding carboxylic acids is 1. The van der Waals surface area contributed by atoms with Crippen LogP contribution in [-0.4, -0.2) is 18.1 Å². The van der Waals surface area contributed by atoms with Gasteiger partial charge >= 0.3 is 0 Å². The van der Waals surface area contributed by atoms with Crippen molar-refractivity contribution in [2.75, 3.05) is 0 Å². The average molecular weight is 130 g/mol. The SMILES string of the molecule is CC(C)OC(=O)[C@@H](C)[NH-]. The summed E-state index contributed by atoms with van der Waals surface area (Å²) in [5.41, 5.74) is 6.90. The fraction of sp³-hybridized carbons (Fsp3) is 0.833. The highest BCUT2D eigenvalue weighted by Crippen LogP contribution is 1.95. The maximum absolute atomic E-state index is 10.5. The molecule has 0 heterocycles. The van der Waals surface area contributed by atoms with E-state index in [-0.39, 0.29) is 6.10 Å². The topological polar surface area (TPSA) is 50.1 Å². The van der Waals surface area contributed by atoms with Gasteiger partial charge in [0, 0.05) is 0 Å². The molecule has 3 nitrogen and oxygen atoms in total. The molecule has 54 valence electrons. The summed E-state index contributed by atoms with van der Waals surface area (Å²) < 4.78 is 4.69. The largest absolute Gasteiger partial charge is 0.666 e. The average Bonchev–Trinajstić information content (AvgIpc) is 1.63. The molecule has 1 N–H and O–H groups in total. The van der Waals surface area contributed by atoms with E-state index in [1.54, 1.807) is 13.8 Å². The molecule has 0 amide bonds. The molecule has 0 unspecified atom stereocenters. The van der Waals surface area contributed by atoms with Crippen LogP contribution in [0, 0.1) is 0 Å². The van der Waals surface area contributed by atoms with Crippen LogP contribution in [0.3, 0.4) is 0 Å². The first kappa shape index (κ1) is 8.43. The maximum atomic E-state index is 10.5. The van der Waals surface area contributed by atoms with Crippen LogP contribution in [0.2, 0.25) is 0 Å². The van der Waals surface area contributed by atoms with Crippen molar-refractivity contribution in [3.63, 3.8) is 0 Å². The molecule has 0 saturated carbocycles. The minimum Gasteiger partial charge on any atom is -0.666 e. The molecule has 0 rings (SSSR count). The second kappa shape index (κ2) is 3.45. The Hall–Kier alpha value is -0.570. The highest BCUT2D eigenvalue weighted by molar-refractivity contribution is 5.76. The van der Waals surface area contributed by atoms with E-state index in [4.69, 9.17) is 5.73 Å². The zero-order valence-corrected chi connectivity index (χ0v) is 5.97. The maximum Gasteiger partial charge on any atom is 0.287 e. The van der Waals surface area contributed by atoms with Gasteiger partial charge in [0.05, 0.1) is 6.10 Å².